The molecule has 1 N–H and O–H groups in total. The molecule has 1 saturated heterocycles. The molecular weight excluding hydrogens is 581 g/mol. The normalized spacial score (nSPS) is 35.1. The highest BCUT2D eigenvalue weighted by atomic mass is 35.5. The van der Waals surface area contributed by atoms with E-state index in [1.807, 2.05) is 20.8 Å². The fourth-order valence-electron chi connectivity index (χ4n) is 7.82. The lowest BCUT2D eigenvalue weighted by molar-refractivity contribution is -0.151. The minimum Gasteiger partial charge on any atom is -0.366 e. The van der Waals surface area contributed by atoms with E-state index in [0.29, 0.717) is 48.6 Å². The average Bonchev–Trinajstić information content (AvgIpc) is 3.14. The molecule has 7 nitrogen and oxygen atoms in total. The number of halogens is 4. The van der Waals surface area contributed by atoms with Crippen LogP contribution in [0.3, 0.4) is 0 Å². The summed E-state index contributed by atoms with van der Waals surface area (Å²) >= 11 is 12.3. The summed E-state index contributed by atoms with van der Waals surface area (Å²) in [5.74, 6) is -3.66. The Morgan fingerprint density at radius 2 is 1.75 bits per heavy atom. The highest BCUT2D eigenvalue weighted by Gasteiger charge is 2.75. The molecular formula is C28H36Cl2F2N4O3S. The van der Waals surface area contributed by atoms with Crippen LogP contribution in [0.2, 0.25) is 10.0 Å². The van der Waals surface area contributed by atoms with Crippen LogP contribution < -0.4 is 5.32 Å². The molecule has 6 aliphatic rings. The molecule has 12 heteroatoms. The maximum atomic E-state index is 14.5. The Kier molecular flexibility index (Phi) is 6.62. The van der Waals surface area contributed by atoms with Crippen molar-refractivity contribution in [1.82, 2.24) is 14.5 Å². The first-order valence-corrected chi connectivity index (χ1v) is 16.5. The van der Waals surface area contributed by atoms with Crippen LogP contribution in [0.5, 0.6) is 0 Å². The third-order valence-electron chi connectivity index (χ3n) is 9.90. The van der Waals surface area contributed by atoms with Crippen LogP contribution in [0.25, 0.3) is 0 Å². The van der Waals surface area contributed by atoms with Crippen LogP contribution >= 0.6 is 23.2 Å². The van der Waals surface area contributed by atoms with Gasteiger partial charge in [-0.15, -0.1) is 0 Å². The molecule has 1 aromatic carbocycles. The van der Waals surface area contributed by atoms with Gasteiger partial charge in [0.15, 0.2) is 6.04 Å². The lowest BCUT2D eigenvalue weighted by Crippen LogP contribution is -2.78. The van der Waals surface area contributed by atoms with Gasteiger partial charge in [-0.2, -0.15) is 4.31 Å². The summed E-state index contributed by atoms with van der Waals surface area (Å²) < 4.78 is 57.4. The van der Waals surface area contributed by atoms with E-state index in [1.165, 1.54) is 0 Å². The van der Waals surface area contributed by atoms with Gasteiger partial charge in [-0.3, -0.25) is 9.79 Å². The summed E-state index contributed by atoms with van der Waals surface area (Å²) in [5, 5.41) is 4.27. The van der Waals surface area contributed by atoms with Crippen LogP contribution in [-0.2, 0) is 21.4 Å². The zero-order valence-corrected chi connectivity index (χ0v) is 25.4. The number of rotatable bonds is 8. The van der Waals surface area contributed by atoms with Gasteiger partial charge in [0, 0.05) is 42.4 Å². The Balaban J connectivity index is 1.20. The van der Waals surface area contributed by atoms with E-state index < -0.39 is 44.9 Å². The van der Waals surface area contributed by atoms with Crippen molar-refractivity contribution in [3.8, 4) is 0 Å². The average molecular weight is 618 g/mol. The minimum atomic E-state index is -3.53. The van der Waals surface area contributed by atoms with Gasteiger partial charge in [0.05, 0.1) is 21.3 Å². The monoisotopic (exact) mass is 616 g/mol. The molecule has 7 rings (SSSR count). The van der Waals surface area contributed by atoms with E-state index in [1.54, 1.807) is 27.4 Å². The van der Waals surface area contributed by atoms with Gasteiger partial charge in [-0.05, 0) is 70.1 Å². The zero-order valence-electron chi connectivity index (χ0n) is 23.0. The first-order valence-electron chi connectivity index (χ1n) is 14.1. The van der Waals surface area contributed by atoms with Crippen molar-refractivity contribution in [1.29, 1.82) is 0 Å². The number of nitrogens with one attached hydrogen (secondary N) is 1. The van der Waals surface area contributed by atoms with E-state index in [0.717, 1.165) is 11.4 Å². The lowest BCUT2D eigenvalue weighted by Gasteiger charge is -2.73. The highest BCUT2D eigenvalue weighted by molar-refractivity contribution is 7.89. The molecule has 4 aliphatic carbocycles. The van der Waals surface area contributed by atoms with Crippen LogP contribution in [0, 0.1) is 17.3 Å². The summed E-state index contributed by atoms with van der Waals surface area (Å²) in [4.78, 5) is 20.1. The number of carbonyl (C=O) groups excluding carboxylic acids is 1. The summed E-state index contributed by atoms with van der Waals surface area (Å²) in [6.45, 7) is 6.05. The van der Waals surface area contributed by atoms with Gasteiger partial charge in [0.2, 0.25) is 15.9 Å². The number of alkyl halides is 2. The van der Waals surface area contributed by atoms with E-state index in [9.17, 15) is 22.0 Å². The fraction of sp³-hybridized carbons (Fsp3) is 0.714. The van der Waals surface area contributed by atoms with Gasteiger partial charge in [-0.25, -0.2) is 17.2 Å². The third-order valence-corrected chi connectivity index (χ3v) is 12.8. The molecule has 0 radical (unpaired) electrons. The molecule has 1 amide bonds. The third kappa shape index (κ3) is 4.30. The van der Waals surface area contributed by atoms with Crippen LogP contribution in [-0.4, -0.2) is 71.3 Å². The first kappa shape index (κ1) is 28.6. The van der Waals surface area contributed by atoms with Crippen LogP contribution in [0.4, 0.5) is 8.78 Å². The SMILES string of the molecule is CCCS(=O)(=O)N(Cc1ccc(Cl)c(Cl)c1)C12CC(C3=N[C@@H](C(=O)N4CC5CCC(C4)C5(F)F)C(C)(C)N3)(C1)C2. The van der Waals surface area contributed by atoms with Crippen molar-refractivity contribution in [2.75, 3.05) is 18.8 Å². The number of amides is 1. The largest absolute Gasteiger partial charge is 0.366 e. The molecule has 40 heavy (non-hydrogen) atoms. The molecule has 4 saturated carbocycles. The van der Waals surface area contributed by atoms with Crippen molar-refractivity contribution in [3.05, 3.63) is 33.8 Å². The minimum absolute atomic E-state index is 0.0583. The number of benzene rings is 1. The summed E-state index contributed by atoms with van der Waals surface area (Å²) in [5.41, 5.74) is -0.703. The number of likely N-dealkylation sites (tertiary alicyclic amines) is 1. The van der Waals surface area contributed by atoms with Gasteiger partial charge < -0.3 is 10.2 Å². The van der Waals surface area contributed by atoms with Gasteiger partial charge in [-0.1, -0.05) is 36.2 Å². The highest BCUT2D eigenvalue weighted by Crippen LogP contribution is 2.71. The van der Waals surface area contributed by atoms with Crippen molar-refractivity contribution in [3.63, 3.8) is 0 Å². The Bertz CT molecular complexity index is 1350. The fourth-order valence-corrected chi connectivity index (χ4v) is 10.0. The van der Waals surface area contributed by atoms with Crippen molar-refractivity contribution >= 4 is 45.0 Å². The number of aliphatic imine (C=N–C) groups is 1. The van der Waals surface area contributed by atoms with Crippen LogP contribution in [0.1, 0.15) is 64.9 Å². The smallest absolute Gasteiger partial charge is 0.257 e. The molecule has 4 bridgehead atoms. The summed E-state index contributed by atoms with van der Waals surface area (Å²) in [6, 6.07) is 4.49. The lowest BCUT2D eigenvalue weighted by atomic mass is 9.38. The molecule has 0 spiro atoms. The van der Waals surface area contributed by atoms with E-state index in [-0.39, 0.29) is 36.7 Å². The second-order valence-corrected chi connectivity index (χ2v) is 16.0. The molecule has 2 aliphatic heterocycles. The van der Waals surface area contributed by atoms with Crippen LogP contribution in [0.15, 0.2) is 23.2 Å². The number of amidine groups is 1. The van der Waals surface area contributed by atoms with Crippen molar-refractivity contribution in [2.24, 2.45) is 22.2 Å². The molecule has 220 valence electrons. The second kappa shape index (κ2) is 9.25. The van der Waals surface area contributed by atoms with Gasteiger partial charge in [0.1, 0.15) is 5.84 Å². The number of hydrogen-bond acceptors (Lipinski definition) is 5. The molecule has 5 fully saturated rings. The van der Waals surface area contributed by atoms with Crippen molar-refractivity contribution in [2.45, 2.75) is 88.9 Å². The Hall–Kier alpha value is -1.49. The molecule has 2 heterocycles. The standard InChI is InChI=1S/C28H36Cl2F2N4O3S/c1-4-9-40(38,39)36(11-17-5-8-20(29)21(30)10-17)27-14-26(15-27,16-27)24-33-22(25(2,3)34-24)23(37)35-12-18-6-7-19(13-35)28(18,31)32/h5,8,10,18-19,22H,4,6-7,9,11-16H2,1-3H3,(H,33,34)/t18?,19?,22-,26?,27?/m0/s1. The molecule has 2 unspecified atom stereocenters. The number of sulfonamides is 1. The van der Waals surface area contributed by atoms with Gasteiger partial charge >= 0.3 is 0 Å². The van der Waals surface area contributed by atoms with E-state index in [4.69, 9.17) is 28.2 Å². The summed E-state index contributed by atoms with van der Waals surface area (Å²) in [7, 11) is -3.53. The number of fused-ring (bicyclic) bond motifs is 2. The number of hydrogen-bond donors (Lipinski definition) is 1. The summed E-state index contributed by atoms with van der Waals surface area (Å²) in [6.07, 6.45) is 3.27. The Labute approximate surface area is 244 Å². The second-order valence-electron chi connectivity index (χ2n) is 13.2. The maximum absolute atomic E-state index is 14.5. The maximum Gasteiger partial charge on any atom is 0.257 e. The van der Waals surface area contributed by atoms with Gasteiger partial charge in [0.25, 0.3) is 5.92 Å². The molecule has 3 atom stereocenters. The zero-order chi connectivity index (χ0) is 28.9. The quantitative estimate of drug-likeness (QED) is 0.440. The van der Waals surface area contributed by atoms with Crippen molar-refractivity contribution < 1.29 is 22.0 Å². The predicted molar refractivity (Wildman–Crippen MR) is 151 cm³/mol. The molecule has 1 aromatic rings. The topological polar surface area (TPSA) is 82.1 Å². The number of piperidine rings is 1. The predicted octanol–water partition coefficient (Wildman–Crippen LogP) is 5.11. The Morgan fingerprint density at radius 1 is 1.12 bits per heavy atom. The number of carbonyl (C=O) groups is 1. The first-order chi connectivity index (χ1) is 18.6. The Morgan fingerprint density at radius 3 is 2.33 bits per heavy atom. The molecule has 0 aromatic heterocycles. The van der Waals surface area contributed by atoms with E-state index in [2.05, 4.69) is 5.32 Å². The number of nitrogens with zero attached hydrogens (tertiary/aromatic N) is 3. The van der Waals surface area contributed by atoms with E-state index >= 15 is 0 Å².